The molecule has 0 aromatic heterocycles. The Kier molecular flexibility index (Phi) is 7.15. The molecular formula is C21H23N3O4S. The zero-order valence-corrected chi connectivity index (χ0v) is 17.0. The van der Waals surface area contributed by atoms with Crippen LogP contribution in [0.4, 0.5) is 5.69 Å². The number of nitrogens with zero attached hydrogens (tertiary/aromatic N) is 1. The predicted molar refractivity (Wildman–Crippen MR) is 114 cm³/mol. The summed E-state index contributed by atoms with van der Waals surface area (Å²) in [7, 11) is 0. The van der Waals surface area contributed by atoms with Crippen molar-refractivity contribution >= 4 is 34.8 Å². The summed E-state index contributed by atoms with van der Waals surface area (Å²) in [6, 6.07) is 14.0. The number of rotatable bonds is 5. The van der Waals surface area contributed by atoms with Gasteiger partial charge in [0.05, 0.1) is 25.4 Å². The van der Waals surface area contributed by atoms with Crippen LogP contribution in [0.15, 0.2) is 48.5 Å². The minimum absolute atomic E-state index is 0.0578. The SMILES string of the molecule is CCOc1ccccc1C(=O)NC(=S)Nc1cccc(C(=O)N2CCOCC2)c1. The largest absolute Gasteiger partial charge is 0.493 e. The minimum atomic E-state index is -0.368. The fourth-order valence-corrected chi connectivity index (χ4v) is 3.16. The van der Waals surface area contributed by atoms with E-state index < -0.39 is 0 Å². The Morgan fingerprint density at radius 1 is 1.14 bits per heavy atom. The number of hydrogen-bond acceptors (Lipinski definition) is 5. The van der Waals surface area contributed by atoms with Crippen LogP contribution in [0.3, 0.4) is 0 Å². The van der Waals surface area contributed by atoms with Gasteiger partial charge in [-0.25, -0.2) is 0 Å². The van der Waals surface area contributed by atoms with Gasteiger partial charge in [-0.05, 0) is 49.5 Å². The van der Waals surface area contributed by atoms with Gasteiger partial charge in [0.2, 0.25) is 0 Å². The maximum atomic E-state index is 12.6. The number of morpholine rings is 1. The van der Waals surface area contributed by atoms with E-state index in [1.807, 2.05) is 6.92 Å². The maximum absolute atomic E-state index is 12.6. The highest BCUT2D eigenvalue weighted by Crippen LogP contribution is 2.18. The zero-order chi connectivity index (χ0) is 20.6. The van der Waals surface area contributed by atoms with E-state index in [2.05, 4.69) is 10.6 Å². The smallest absolute Gasteiger partial charge is 0.261 e. The molecule has 2 amide bonds. The number of carbonyl (C=O) groups excluding carboxylic acids is 2. The zero-order valence-electron chi connectivity index (χ0n) is 16.1. The van der Waals surface area contributed by atoms with Gasteiger partial charge in [-0.15, -0.1) is 0 Å². The first-order valence-corrected chi connectivity index (χ1v) is 9.80. The molecule has 0 radical (unpaired) electrons. The van der Waals surface area contributed by atoms with Crippen LogP contribution in [-0.4, -0.2) is 54.7 Å². The highest BCUT2D eigenvalue weighted by atomic mass is 32.1. The lowest BCUT2D eigenvalue weighted by molar-refractivity contribution is 0.0303. The van der Waals surface area contributed by atoms with Crippen molar-refractivity contribution in [1.29, 1.82) is 0 Å². The third-order valence-electron chi connectivity index (χ3n) is 4.32. The highest BCUT2D eigenvalue weighted by molar-refractivity contribution is 7.80. The van der Waals surface area contributed by atoms with Gasteiger partial charge in [-0.1, -0.05) is 18.2 Å². The molecule has 1 aliphatic rings. The van der Waals surface area contributed by atoms with Crippen molar-refractivity contribution in [2.24, 2.45) is 0 Å². The third kappa shape index (κ3) is 5.52. The van der Waals surface area contributed by atoms with Crippen molar-refractivity contribution in [3.63, 3.8) is 0 Å². The average molecular weight is 413 g/mol. The van der Waals surface area contributed by atoms with E-state index in [9.17, 15) is 9.59 Å². The summed E-state index contributed by atoms with van der Waals surface area (Å²) in [5.41, 5.74) is 1.56. The lowest BCUT2D eigenvalue weighted by Gasteiger charge is -2.27. The van der Waals surface area contributed by atoms with Crippen LogP contribution in [-0.2, 0) is 4.74 Å². The molecule has 7 nitrogen and oxygen atoms in total. The van der Waals surface area contributed by atoms with E-state index in [-0.39, 0.29) is 16.9 Å². The van der Waals surface area contributed by atoms with Gasteiger partial charge in [0.25, 0.3) is 11.8 Å². The summed E-state index contributed by atoms with van der Waals surface area (Å²) in [6.07, 6.45) is 0. The van der Waals surface area contributed by atoms with E-state index in [0.717, 1.165) is 0 Å². The Morgan fingerprint density at radius 3 is 2.66 bits per heavy atom. The van der Waals surface area contributed by atoms with Crippen molar-refractivity contribution in [2.75, 3.05) is 38.2 Å². The minimum Gasteiger partial charge on any atom is -0.493 e. The molecule has 152 valence electrons. The van der Waals surface area contributed by atoms with Crippen LogP contribution in [0.2, 0.25) is 0 Å². The first-order chi connectivity index (χ1) is 14.1. The van der Waals surface area contributed by atoms with Crippen LogP contribution in [0.5, 0.6) is 5.75 Å². The number of ether oxygens (including phenoxy) is 2. The number of carbonyl (C=O) groups is 2. The molecule has 2 aromatic rings. The first-order valence-electron chi connectivity index (χ1n) is 9.39. The Morgan fingerprint density at radius 2 is 1.90 bits per heavy atom. The second kappa shape index (κ2) is 9.99. The van der Waals surface area contributed by atoms with Crippen molar-refractivity contribution < 1.29 is 19.1 Å². The summed E-state index contributed by atoms with van der Waals surface area (Å²) in [4.78, 5) is 26.9. The van der Waals surface area contributed by atoms with E-state index in [4.69, 9.17) is 21.7 Å². The highest BCUT2D eigenvalue weighted by Gasteiger charge is 2.19. The molecule has 0 aliphatic carbocycles. The number of hydrogen-bond donors (Lipinski definition) is 2. The Bertz CT molecular complexity index is 897. The summed E-state index contributed by atoms with van der Waals surface area (Å²) in [5.74, 6) is 0.0676. The molecule has 2 N–H and O–H groups in total. The molecule has 0 atom stereocenters. The standard InChI is InChI=1S/C21H23N3O4S/c1-2-28-18-9-4-3-8-17(18)19(25)23-21(29)22-16-7-5-6-15(14-16)20(26)24-10-12-27-13-11-24/h3-9,14H,2,10-13H2,1H3,(H2,22,23,25,29). The van der Waals surface area contributed by atoms with Gasteiger partial charge >= 0.3 is 0 Å². The van der Waals surface area contributed by atoms with E-state index in [1.54, 1.807) is 53.4 Å². The van der Waals surface area contributed by atoms with E-state index >= 15 is 0 Å². The van der Waals surface area contributed by atoms with Crippen LogP contribution in [0.1, 0.15) is 27.6 Å². The van der Waals surface area contributed by atoms with Crippen molar-refractivity contribution in [3.8, 4) is 5.75 Å². The van der Waals surface area contributed by atoms with Crippen LogP contribution >= 0.6 is 12.2 Å². The molecule has 0 bridgehead atoms. The van der Waals surface area contributed by atoms with Crippen LogP contribution < -0.4 is 15.4 Å². The molecule has 29 heavy (non-hydrogen) atoms. The molecule has 0 saturated carbocycles. The number of thiocarbonyl (C=S) groups is 1. The van der Waals surface area contributed by atoms with Gasteiger partial charge < -0.3 is 19.7 Å². The number of benzene rings is 2. The molecule has 3 rings (SSSR count). The molecule has 0 spiro atoms. The monoisotopic (exact) mass is 413 g/mol. The Balaban J connectivity index is 1.63. The topological polar surface area (TPSA) is 79.9 Å². The number of para-hydroxylation sites is 1. The van der Waals surface area contributed by atoms with Gasteiger partial charge in [0.15, 0.2) is 5.11 Å². The molecule has 8 heteroatoms. The van der Waals surface area contributed by atoms with Crippen molar-refractivity contribution in [3.05, 3.63) is 59.7 Å². The lowest BCUT2D eigenvalue weighted by atomic mass is 10.1. The van der Waals surface area contributed by atoms with Crippen LogP contribution in [0.25, 0.3) is 0 Å². The summed E-state index contributed by atoms with van der Waals surface area (Å²) < 4.78 is 10.8. The molecule has 1 aliphatic heterocycles. The summed E-state index contributed by atoms with van der Waals surface area (Å²) in [6.45, 7) is 4.55. The summed E-state index contributed by atoms with van der Waals surface area (Å²) in [5, 5.41) is 5.74. The lowest BCUT2D eigenvalue weighted by Crippen LogP contribution is -2.40. The van der Waals surface area contributed by atoms with Gasteiger partial charge in [0.1, 0.15) is 5.75 Å². The van der Waals surface area contributed by atoms with Crippen molar-refractivity contribution in [1.82, 2.24) is 10.2 Å². The average Bonchev–Trinajstić information content (AvgIpc) is 2.74. The fraction of sp³-hybridized carbons (Fsp3) is 0.286. The van der Waals surface area contributed by atoms with Gasteiger partial charge in [-0.2, -0.15) is 0 Å². The number of nitrogens with one attached hydrogen (secondary N) is 2. The van der Waals surface area contributed by atoms with E-state index in [0.29, 0.717) is 55.5 Å². The van der Waals surface area contributed by atoms with Crippen molar-refractivity contribution in [2.45, 2.75) is 6.92 Å². The normalized spacial score (nSPS) is 13.5. The second-order valence-electron chi connectivity index (χ2n) is 6.32. The molecule has 1 saturated heterocycles. The van der Waals surface area contributed by atoms with E-state index in [1.165, 1.54) is 0 Å². The summed E-state index contributed by atoms with van der Waals surface area (Å²) >= 11 is 5.26. The Hall–Kier alpha value is -2.97. The number of anilines is 1. The van der Waals surface area contributed by atoms with Crippen LogP contribution in [0, 0.1) is 0 Å². The van der Waals surface area contributed by atoms with Gasteiger partial charge in [-0.3, -0.25) is 14.9 Å². The molecule has 0 unspecified atom stereocenters. The quantitative estimate of drug-likeness (QED) is 0.734. The second-order valence-corrected chi connectivity index (χ2v) is 6.73. The first kappa shape index (κ1) is 20.8. The fourth-order valence-electron chi connectivity index (χ4n) is 2.95. The molecule has 1 heterocycles. The third-order valence-corrected chi connectivity index (χ3v) is 4.53. The molecule has 1 fully saturated rings. The maximum Gasteiger partial charge on any atom is 0.261 e. The molecule has 2 aromatic carbocycles. The van der Waals surface area contributed by atoms with Gasteiger partial charge in [0, 0.05) is 24.3 Å². The molecular weight excluding hydrogens is 390 g/mol. The predicted octanol–water partition coefficient (Wildman–Crippen LogP) is 2.68. The number of amides is 2. The Labute approximate surface area is 175 Å².